The lowest BCUT2D eigenvalue weighted by Crippen LogP contribution is -2.40. The third kappa shape index (κ3) is 6.64. The molecule has 0 bridgehead atoms. The van der Waals surface area contributed by atoms with Crippen LogP contribution in [-0.4, -0.2) is 53.0 Å². The number of para-hydroxylation sites is 1. The molecule has 204 valence electrons. The van der Waals surface area contributed by atoms with E-state index in [-0.39, 0.29) is 11.9 Å². The lowest BCUT2D eigenvalue weighted by Gasteiger charge is -2.33. The number of carbonyl (C=O) groups is 1. The zero-order valence-corrected chi connectivity index (χ0v) is 23.0. The molecule has 0 saturated carbocycles. The van der Waals surface area contributed by atoms with Crippen LogP contribution >= 0.6 is 0 Å². The van der Waals surface area contributed by atoms with Gasteiger partial charge in [0.2, 0.25) is 5.91 Å². The maximum absolute atomic E-state index is 12.7. The monoisotopic (exact) mass is 526 g/mol. The van der Waals surface area contributed by atoms with Gasteiger partial charge in [0.1, 0.15) is 23.0 Å². The van der Waals surface area contributed by atoms with Crippen molar-refractivity contribution >= 4 is 17.4 Å². The highest BCUT2D eigenvalue weighted by Gasteiger charge is 2.29. The second-order valence-corrected chi connectivity index (χ2v) is 9.68. The topological polar surface area (TPSA) is 109 Å². The van der Waals surface area contributed by atoms with Crippen molar-refractivity contribution in [1.82, 2.24) is 14.7 Å². The first kappa shape index (κ1) is 27.9. The van der Waals surface area contributed by atoms with Crippen molar-refractivity contribution in [2.75, 3.05) is 32.0 Å². The van der Waals surface area contributed by atoms with Crippen molar-refractivity contribution in [3.8, 4) is 22.8 Å². The summed E-state index contributed by atoms with van der Waals surface area (Å²) in [7, 11) is 1.86. The number of amides is 1. The molecular weight excluding hydrogens is 488 g/mol. The summed E-state index contributed by atoms with van der Waals surface area (Å²) >= 11 is 0. The SMILES string of the molecule is CC/C(C)=C/C(=N)c1c(-c2ccc(Oc3ccccc3)cc2)nn(C2CCCN(C(=O)C=CCN)C2)c1NC. The number of carbonyl (C=O) groups excluding carboxylic acids is 1. The fourth-order valence-corrected chi connectivity index (χ4v) is 4.75. The van der Waals surface area contributed by atoms with Crippen LogP contribution in [0.5, 0.6) is 11.5 Å². The number of benzene rings is 2. The highest BCUT2D eigenvalue weighted by Crippen LogP contribution is 2.35. The molecule has 2 heterocycles. The van der Waals surface area contributed by atoms with Crippen molar-refractivity contribution < 1.29 is 9.53 Å². The van der Waals surface area contributed by atoms with Gasteiger partial charge in [-0.1, -0.05) is 36.8 Å². The molecule has 2 aromatic carbocycles. The van der Waals surface area contributed by atoms with Crippen LogP contribution in [0.2, 0.25) is 0 Å². The zero-order valence-electron chi connectivity index (χ0n) is 23.0. The molecule has 0 aliphatic carbocycles. The molecule has 1 aromatic heterocycles. The first-order valence-corrected chi connectivity index (χ1v) is 13.5. The van der Waals surface area contributed by atoms with Gasteiger partial charge in [0, 0.05) is 38.3 Å². The van der Waals surface area contributed by atoms with Crippen LogP contribution in [0, 0.1) is 5.41 Å². The fraction of sp³-hybridized carbons (Fsp3) is 0.323. The maximum Gasteiger partial charge on any atom is 0.246 e. The second kappa shape index (κ2) is 13.1. The number of anilines is 1. The summed E-state index contributed by atoms with van der Waals surface area (Å²) < 4.78 is 7.95. The molecule has 1 atom stereocenters. The van der Waals surface area contributed by atoms with Crippen LogP contribution in [0.25, 0.3) is 11.3 Å². The molecule has 4 N–H and O–H groups in total. The van der Waals surface area contributed by atoms with Crippen LogP contribution in [0.3, 0.4) is 0 Å². The third-order valence-electron chi connectivity index (χ3n) is 6.92. The van der Waals surface area contributed by atoms with E-state index in [2.05, 4.69) is 12.2 Å². The molecule has 39 heavy (non-hydrogen) atoms. The van der Waals surface area contributed by atoms with E-state index < -0.39 is 0 Å². The number of aromatic nitrogens is 2. The van der Waals surface area contributed by atoms with Gasteiger partial charge in [0.25, 0.3) is 0 Å². The number of nitrogens with zero attached hydrogens (tertiary/aromatic N) is 3. The zero-order chi connectivity index (χ0) is 27.8. The Morgan fingerprint density at radius 2 is 1.90 bits per heavy atom. The Bertz CT molecular complexity index is 1340. The molecule has 8 heteroatoms. The van der Waals surface area contributed by atoms with Gasteiger partial charge in [0.05, 0.1) is 17.3 Å². The van der Waals surface area contributed by atoms with Crippen molar-refractivity contribution in [2.45, 2.75) is 39.2 Å². The van der Waals surface area contributed by atoms with E-state index in [0.717, 1.165) is 59.0 Å². The molecule has 4 rings (SSSR count). The number of hydrogen-bond acceptors (Lipinski definition) is 6. The first-order chi connectivity index (χ1) is 18.9. The quantitative estimate of drug-likeness (QED) is 0.229. The minimum absolute atomic E-state index is 0.0198. The van der Waals surface area contributed by atoms with Gasteiger partial charge in [0.15, 0.2) is 0 Å². The highest BCUT2D eigenvalue weighted by atomic mass is 16.5. The smallest absolute Gasteiger partial charge is 0.246 e. The van der Waals surface area contributed by atoms with Crippen LogP contribution in [-0.2, 0) is 4.79 Å². The Morgan fingerprint density at radius 1 is 1.18 bits per heavy atom. The normalized spacial score (nSPS) is 15.9. The standard InChI is InChI=1S/C31H38N6O2/c1-4-22(2)20-27(33)29-30(23-14-16-26(17-15-23)39-25-11-6-5-7-12-25)35-37(31(29)34-3)24-10-9-19-36(21-24)28(38)13-8-18-32/h5-8,11-17,20,24,33-34H,4,9-10,18-19,21,32H2,1-3H3/b13-8?,22-20+,33-27?. The molecular formula is C31H38N6O2. The Morgan fingerprint density at radius 3 is 2.56 bits per heavy atom. The summed E-state index contributed by atoms with van der Waals surface area (Å²) in [6.45, 7) is 5.70. The fourth-order valence-electron chi connectivity index (χ4n) is 4.75. The summed E-state index contributed by atoms with van der Waals surface area (Å²) in [6, 6.07) is 17.4. The first-order valence-electron chi connectivity index (χ1n) is 13.5. The van der Waals surface area contributed by atoms with E-state index in [0.29, 0.717) is 25.3 Å². The second-order valence-electron chi connectivity index (χ2n) is 9.68. The molecule has 3 aromatic rings. The lowest BCUT2D eigenvalue weighted by atomic mass is 10.0. The molecule has 1 aliphatic heterocycles. The van der Waals surface area contributed by atoms with Crippen LogP contribution in [0.15, 0.2) is 78.4 Å². The number of ether oxygens (including phenoxy) is 1. The number of piperidine rings is 1. The van der Waals surface area contributed by atoms with Crippen LogP contribution in [0.4, 0.5) is 5.82 Å². The number of allylic oxidation sites excluding steroid dienone is 2. The number of rotatable bonds is 10. The number of nitrogens with one attached hydrogen (secondary N) is 2. The van der Waals surface area contributed by atoms with Gasteiger partial charge >= 0.3 is 0 Å². The van der Waals surface area contributed by atoms with E-state index >= 15 is 0 Å². The van der Waals surface area contributed by atoms with Gasteiger partial charge in [-0.15, -0.1) is 0 Å². The predicted molar refractivity (Wildman–Crippen MR) is 158 cm³/mol. The molecule has 1 saturated heterocycles. The van der Waals surface area contributed by atoms with E-state index in [1.165, 1.54) is 0 Å². The van der Waals surface area contributed by atoms with Crippen molar-refractivity contribution in [3.05, 3.63) is 84.0 Å². The summed E-state index contributed by atoms with van der Waals surface area (Å²) in [4.78, 5) is 14.5. The molecule has 1 unspecified atom stereocenters. The molecule has 1 fully saturated rings. The minimum Gasteiger partial charge on any atom is -0.457 e. The molecule has 1 amide bonds. The number of nitrogens with two attached hydrogens (primary N) is 1. The Labute approximate surface area is 230 Å². The Kier molecular flexibility index (Phi) is 9.33. The summed E-state index contributed by atoms with van der Waals surface area (Å²) in [5.41, 5.74) is 9.43. The molecule has 0 radical (unpaired) electrons. The Hall–Kier alpha value is -4.17. The van der Waals surface area contributed by atoms with E-state index in [1.54, 1.807) is 12.2 Å². The van der Waals surface area contributed by atoms with Crippen LogP contribution < -0.4 is 15.8 Å². The van der Waals surface area contributed by atoms with E-state index in [9.17, 15) is 4.79 Å². The molecule has 0 spiro atoms. The molecule has 8 nitrogen and oxygen atoms in total. The maximum atomic E-state index is 12.7. The predicted octanol–water partition coefficient (Wildman–Crippen LogP) is 5.79. The van der Waals surface area contributed by atoms with Gasteiger partial charge in [-0.05, 0) is 68.7 Å². The van der Waals surface area contributed by atoms with E-state index in [4.69, 9.17) is 21.0 Å². The van der Waals surface area contributed by atoms with Gasteiger partial charge in [-0.3, -0.25) is 4.79 Å². The minimum atomic E-state index is -0.0352. The van der Waals surface area contributed by atoms with Crippen molar-refractivity contribution in [1.29, 1.82) is 5.41 Å². The molecule has 1 aliphatic rings. The third-order valence-corrected chi connectivity index (χ3v) is 6.92. The van der Waals surface area contributed by atoms with Gasteiger partial charge < -0.3 is 26.1 Å². The average molecular weight is 527 g/mol. The summed E-state index contributed by atoms with van der Waals surface area (Å²) in [5, 5.41) is 17.4. The van der Waals surface area contributed by atoms with Gasteiger partial charge in [-0.25, -0.2) is 4.68 Å². The summed E-state index contributed by atoms with van der Waals surface area (Å²) in [6.07, 6.45) is 7.77. The lowest BCUT2D eigenvalue weighted by molar-refractivity contribution is -0.127. The summed E-state index contributed by atoms with van der Waals surface area (Å²) in [5.74, 6) is 2.24. The van der Waals surface area contributed by atoms with Crippen molar-refractivity contribution in [3.63, 3.8) is 0 Å². The highest BCUT2D eigenvalue weighted by molar-refractivity contribution is 6.14. The van der Waals surface area contributed by atoms with Crippen LogP contribution in [0.1, 0.15) is 44.7 Å². The number of likely N-dealkylation sites (tertiary alicyclic amines) is 1. The van der Waals surface area contributed by atoms with Crippen molar-refractivity contribution in [2.24, 2.45) is 5.73 Å². The number of hydrogen-bond donors (Lipinski definition) is 3. The largest absolute Gasteiger partial charge is 0.457 e. The average Bonchev–Trinajstić information content (AvgIpc) is 3.36. The van der Waals surface area contributed by atoms with E-state index in [1.807, 2.05) is 84.2 Å². The van der Waals surface area contributed by atoms with Gasteiger partial charge in [-0.2, -0.15) is 5.10 Å². The Balaban J connectivity index is 1.72.